The summed E-state index contributed by atoms with van der Waals surface area (Å²) < 4.78 is 5.43. The molecule has 1 aromatic heterocycles. The molecule has 1 aliphatic rings. The van der Waals surface area contributed by atoms with Gasteiger partial charge in [0.25, 0.3) is 0 Å². The van der Waals surface area contributed by atoms with E-state index in [9.17, 15) is 0 Å². The summed E-state index contributed by atoms with van der Waals surface area (Å²) in [5.74, 6) is 1.67. The Labute approximate surface area is 175 Å². The maximum absolute atomic E-state index is 5.43. The number of thioether (sulfide) groups is 1. The summed E-state index contributed by atoms with van der Waals surface area (Å²) in [5, 5.41) is 0.889. The van der Waals surface area contributed by atoms with Crippen molar-refractivity contribution in [2.45, 2.75) is 65.6 Å². The standard InChI is InChI=1S/C23H37N3OS/c1-18(2)15-20(4)8-6-7-19(3)9-14-28-23-24-21(5)16-22(25-23)17-26-10-12-27-13-11-26/h8-9,16,18H,6-7,10-15,17H2,1-5H3. The monoisotopic (exact) mass is 403 g/mol. The normalized spacial score (nSPS) is 16.8. The minimum atomic E-state index is 0.742. The van der Waals surface area contributed by atoms with Crippen molar-refractivity contribution < 1.29 is 4.74 Å². The lowest BCUT2D eigenvalue weighted by Gasteiger charge is -2.26. The van der Waals surface area contributed by atoms with Crippen LogP contribution in [0.25, 0.3) is 0 Å². The highest BCUT2D eigenvalue weighted by atomic mass is 32.2. The second-order valence-electron chi connectivity index (χ2n) is 8.22. The molecule has 0 bridgehead atoms. The number of morpholine rings is 1. The molecular formula is C23H37N3OS. The molecule has 0 unspecified atom stereocenters. The number of nitrogens with zero attached hydrogens (tertiary/aromatic N) is 3. The Morgan fingerprint density at radius 2 is 1.93 bits per heavy atom. The van der Waals surface area contributed by atoms with Crippen molar-refractivity contribution >= 4 is 11.8 Å². The summed E-state index contributed by atoms with van der Waals surface area (Å²) in [7, 11) is 0. The van der Waals surface area contributed by atoms with Crippen molar-refractivity contribution in [1.29, 1.82) is 0 Å². The molecule has 0 spiro atoms. The van der Waals surface area contributed by atoms with Crippen molar-refractivity contribution in [2.24, 2.45) is 5.92 Å². The van der Waals surface area contributed by atoms with Crippen LogP contribution in [-0.4, -0.2) is 46.9 Å². The SMILES string of the molecule is CC(=CCSc1nc(C)cc(CN2CCOCC2)n1)CCC=C(C)CC(C)C. The van der Waals surface area contributed by atoms with Crippen LogP contribution in [0.1, 0.15) is 58.3 Å². The van der Waals surface area contributed by atoms with E-state index in [0.29, 0.717) is 0 Å². The zero-order valence-corrected chi connectivity index (χ0v) is 19.1. The van der Waals surface area contributed by atoms with E-state index in [1.54, 1.807) is 11.8 Å². The molecule has 1 aromatic rings. The molecule has 0 amide bonds. The summed E-state index contributed by atoms with van der Waals surface area (Å²) in [6, 6.07) is 2.10. The van der Waals surface area contributed by atoms with Gasteiger partial charge in [-0.1, -0.05) is 48.9 Å². The van der Waals surface area contributed by atoms with Gasteiger partial charge in [0.1, 0.15) is 0 Å². The third kappa shape index (κ3) is 9.35. The van der Waals surface area contributed by atoms with Gasteiger partial charge >= 0.3 is 0 Å². The van der Waals surface area contributed by atoms with Crippen LogP contribution in [0.5, 0.6) is 0 Å². The second kappa shape index (κ2) is 12.4. The fraction of sp³-hybridized carbons (Fsp3) is 0.652. The molecule has 5 heteroatoms. The summed E-state index contributed by atoms with van der Waals surface area (Å²) in [6.07, 6.45) is 8.19. The van der Waals surface area contributed by atoms with Gasteiger partial charge in [-0.05, 0) is 52.0 Å². The van der Waals surface area contributed by atoms with Crippen LogP contribution in [0.3, 0.4) is 0 Å². The molecule has 0 radical (unpaired) electrons. The first-order valence-corrected chi connectivity index (χ1v) is 11.5. The van der Waals surface area contributed by atoms with E-state index in [1.165, 1.54) is 17.6 Å². The van der Waals surface area contributed by atoms with Crippen LogP contribution in [-0.2, 0) is 11.3 Å². The number of hydrogen-bond donors (Lipinski definition) is 0. The van der Waals surface area contributed by atoms with Crippen LogP contribution < -0.4 is 0 Å². The van der Waals surface area contributed by atoms with E-state index >= 15 is 0 Å². The van der Waals surface area contributed by atoms with E-state index in [4.69, 9.17) is 9.72 Å². The highest BCUT2D eigenvalue weighted by Crippen LogP contribution is 2.18. The maximum Gasteiger partial charge on any atom is 0.188 e. The molecule has 0 saturated carbocycles. The van der Waals surface area contributed by atoms with Gasteiger partial charge in [-0.25, -0.2) is 9.97 Å². The van der Waals surface area contributed by atoms with Gasteiger partial charge in [0.2, 0.25) is 0 Å². The second-order valence-corrected chi connectivity index (χ2v) is 9.21. The van der Waals surface area contributed by atoms with Crippen LogP contribution >= 0.6 is 11.8 Å². The number of ether oxygens (including phenoxy) is 1. The molecule has 0 aliphatic carbocycles. The minimum Gasteiger partial charge on any atom is -0.379 e. The van der Waals surface area contributed by atoms with Gasteiger partial charge in [-0.15, -0.1) is 0 Å². The minimum absolute atomic E-state index is 0.742. The van der Waals surface area contributed by atoms with Crippen molar-refractivity contribution in [1.82, 2.24) is 14.9 Å². The van der Waals surface area contributed by atoms with Gasteiger partial charge < -0.3 is 4.74 Å². The molecule has 2 rings (SSSR count). The Morgan fingerprint density at radius 3 is 2.64 bits per heavy atom. The Kier molecular flexibility index (Phi) is 10.2. The first kappa shape index (κ1) is 23.1. The highest BCUT2D eigenvalue weighted by Gasteiger charge is 2.12. The van der Waals surface area contributed by atoms with Gasteiger partial charge in [-0.2, -0.15) is 0 Å². The van der Waals surface area contributed by atoms with Gasteiger partial charge in [0.05, 0.1) is 18.9 Å². The predicted octanol–water partition coefficient (Wildman–Crippen LogP) is 5.43. The lowest BCUT2D eigenvalue weighted by Crippen LogP contribution is -2.35. The Balaban J connectivity index is 1.80. The molecule has 0 atom stereocenters. The van der Waals surface area contributed by atoms with Gasteiger partial charge in [0, 0.05) is 31.1 Å². The van der Waals surface area contributed by atoms with E-state index in [1.807, 2.05) is 0 Å². The Morgan fingerprint density at radius 1 is 1.18 bits per heavy atom. The van der Waals surface area contributed by atoms with Crippen molar-refractivity contribution in [3.8, 4) is 0 Å². The summed E-state index contributed by atoms with van der Waals surface area (Å²) in [6.45, 7) is 15.6. The number of aryl methyl sites for hydroxylation is 1. The largest absolute Gasteiger partial charge is 0.379 e. The molecule has 2 heterocycles. The molecule has 0 N–H and O–H groups in total. The summed E-state index contributed by atoms with van der Waals surface area (Å²) >= 11 is 1.73. The zero-order chi connectivity index (χ0) is 20.4. The first-order chi connectivity index (χ1) is 13.4. The van der Waals surface area contributed by atoms with Crippen LogP contribution in [0.4, 0.5) is 0 Å². The van der Waals surface area contributed by atoms with Crippen molar-refractivity contribution in [3.05, 3.63) is 40.8 Å². The van der Waals surface area contributed by atoms with Gasteiger partial charge in [0.15, 0.2) is 5.16 Å². The molecule has 1 fully saturated rings. The molecule has 4 nitrogen and oxygen atoms in total. The van der Waals surface area contributed by atoms with E-state index < -0.39 is 0 Å². The molecule has 1 saturated heterocycles. The lowest BCUT2D eigenvalue weighted by molar-refractivity contribution is 0.0335. The number of hydrogen-bond acceptors (Lipinski definition) is 5. The van der Waals surface area contributed by atoms with Crippen LogP contribution in [0.15, 0.2) is 34.5 Å². The third-order valence-electron chi connectivity index (χ3n) is 4.78. The summed E-state index contributed by atoms with van der Waals surface area (Å²) in [4.78, 5) is 11.8. The number of allylic oxidation sites excluding steroid dienone is 3. The average Bonchev–Trinajstić information content (AvgIpc) is 2.61. The van der Waals surface area contributed by atoms with Crippen molar-refractivity contribution in [2.75, 3.05) is 32.1 Å². The quantitative estimate of drug-likeness (QED) is 0.296. The molecule has 156 valence electrons. The molecule has 28 heavy (non-hydrogen) atoms. The van der Waals surface area contributed by atoms with Crippen LogP contribution in [0.2, 0.25) is 0 Å². The Hall–Kier alpha value is -1.17. The fourth-order valence-corrected chi connectivity index (χ4v) is 4.28. The zero-order valence-electron chi connectivity index (χ0n) is 18.3. The summed E-state index contributed by atoms with van der Waals surface area (Å²) in [5.41, 5.74) is 5.12. The number of aromatic nitrogens is 2. The lowest BCUT2D eigenvalue weighted by atomic mass is 10.0. The maximum atomic E-state index is 5.43. The van der Waals surface area contributed by atoms with E-state index in [-0.39, 0.29) is 0 Å². The predicted molar refractivity (Wildman–Crippen MR) is 120 cm³/mol. The third-order valence-corrected chi connectivity index (χ3v) is 5.56. The first-order valence-electron chi connectivity index (χ1n) is 10.5. The fourth-order valence-electron chi connectivity index (χ4n) is 3.37. The highest BCUT2D eigenvalue weighted by molar-refractivity contribution is 7.99. The van der Waals surface area contributed by atoms with E-state index in [0.717, 1.165) is 73.9 Å². The molecule has 1 aliphatic heterocycles. The topological polar surface area (TPSA) is 38.2 Å². The molecule has 0 aromatic carbocycles. The smallest absolute Gasteiger partial charge is 0.188 e. The number of rotatable bonds is 10. The van der Waals surface area contributed by atoms with Crippen molar-refractivity contribution in [3.63, 3.8) is 0 Å². The molecular weight excluding hydrogens is 366 g/mol. The van der Waals surface area contributed by atoms with E-state index in [2.05, 4.69) is 62.7 Å². The van der Waals surface area contributed by atoms with Gasteiger partial charge in [-0.3, -0.25) is 4.90 Å². The average molecular weight is 404 g/mol. The Bertz CT molecular complexity index is 664. The van der Waals surface area contributed by atoms with Crippen LogP contribution in [0, 0.1) is 12.8 Å².